The third-order valence-corrected chi connectivity index (χ3v) is 15.8. The summed E-state index contributed by atoms with van der Waals surface area (Å²) in [5.74, 6) is 1.26. The van der Waals surface area contributed by atoms with Gasteiger partial charge < -0.3 is 35.1 Å². The van der Waals surface area contributed by atoms with Gasteiger partial charge in [-0.05, 0) is 151 Å². The van der Waals surface area contributed by atoms with Crippen LogP contribution in [0.3, 0.4) is 0 Å². The molecular weight excluding hydrogens is 1130 g/mol. The van der Waals surface area contributed by atoms with Crippen LogP contribution in [-0.2, 0) is 21.1 Å². The van der Waals surface area contributed by atoms with Crippen molar-refractivity contribution in [3.8, 4) is 11.1 Å². The Balaban J connectivity index is 0.000000165. The van der Waals surface area contributed by atoms with Crippen LogP contribution in [0, 0.1) is 33.3 Å². The number of hydrogen-bond acceptors (Lipinski definition) is 6. The SMILES string of the molecule is Cc1cc2c3c(c1)N(c1ccccc1)c1cccc4c1B3c1c(cccc1N2c1ccccc1)[N-]4.Cc1ccccc1N(C)[CH-]Nc1[c-]c(N2[CH-]N(C)c3ccccc32)cc(-c2c(C(C)C)cc(C(C)C)cc2C(C)C)c1.[Pt+4]. The number of rotatable bonds is 11. The smallest absolute Gasteiger partial charge is 0.659 e. The molecule has 13 rings (SSSR count). The first-order valence-corrected chi connectivity index (χ1v) is 27.3. The molecule has 0 saturated carbocycles. The molecule has 4 aliphatic rings. The summed E-state index contributed by atoms with van der Waals surface area (Å²) in [6.45, 7) is 22.5. The van der Waals surface area contributed by atoms with E-state index >= 15 is 0 Å². The van der Waals surface area contributed by atoms with Crippen molar-refractivity contribution in [3.05, 3.63) is 235 Å². The van der Waals surface area contributed by atoms with Gasteiger partial charge in [0.25, 0.3) is 0 Å². The van der Waals surface area contributed by atoms with Crippen LogP contribution in [0.1, 0.15) is 87.1 Å². The zero-order valence-corrected chi connectivity index (χ0v) is 48.6. The van der Waals surface area contributed by atoms with Gasteiger partial charge in [-0.15, -0.1) is 46.5 Å². The van der Waals surface area contributed by atoms with E-state index in [2.05, 4.69) is 294 Å². The molecule has 9 aromatic carbocycles. The molecule has 7 nitrogen and oxygen atoms in total. The van der Waals surface area contributed by atoms with E-state index < -0.39 is 0 Å². The van der Waals surface area contributed by atoms with Crippen LogP contribution < -0.4 is 46.2 Å². The molecule has 4 heterocycles. The molecule has 0 atom stereocenters. The second-order valence-corrected chi connectivity index (χ2v) is 22.0. The number of nitrogens with zero attached hydrogens (tertiary/aromatic N) is 6. The van der Waals surface area contributed by atoms with Crippen LogP contribution >= 0.6 is 0 Å². The van der Waals surface area contributed by atoms with E-state index in [4.69, 9.17) is 5.32 Å². The number of para-hydroxylation sites is 5. The van der Waals surface area contributed by atoms with E-state index in [1.807, 2.05) is 6.67 Å². The summed E-state index contributed by atoms with van der Waals surface area (Å²) >= 11 is 0. The van der Waals surface area contributed by atoms with Gasteiger partial charge in [-0.25, -0.2) is 0 Å². The van der Waals surface area contributed by atoms with Crippen molar-refractivity contribution in [2.45, 2.75) is 73.1 Å². The van der Waals surface area contributed by atoms with Gasteiger partial charge in [-0.2, -0.15) is 13.3 Å². The Morgan fingerprint density at radius 1 is 0.564 bits per heavy atom. The van der Waals surface area contributed by atoms with Gasteiger partial charge in [0.2, 0.25) is 6.71 Å². The molecule has 0 amide bonds. The molecule has 0 fully saturated rings. The van der Waals surface area contributed by atoms with E-state index in [-0.39, 0.29) is 27.8 Å². The van der Waals surface area contributed by atoms with Crippen molar-refractivity contribution in [1.82, 2.24) is 0 Å². The molecule has 0 bridgehead atoms. The van der Waals surface area contributed by atoms with Gasteiger partial charge in [0.05, 0.1) is 0 Å². The molecule has 9 aromatic rings. The monoisotopic (exact) mass is 1200 g/mol. The maximum Gasteiger partial charge on any atom is 4.00 e. The maximum absolute atomic E-state index is 5.19. The van der Waals surface area contributed by atoms with Gasteiger partial charge in [-0.1, -0.05) is 156 Å². The molecule has 9 heteroatoms. The van der Waals surface area contributed by atoms with Crippen molar-refractivity contribution >= 4 is 97.0 Å². The average Bonchev–Trinajstić information content (AvgIpc) is 3.66. The van der Waals surface area contributed by atoms with Gasteiger partial charge in [0, 0.05) is 51.2 Å². The predicted molar refractivity (Wildman–Crippen MR) is 330 cm³/mol. The van der Waals surface area contributed by atoms with Gasteiger partial charge >= 0.3 is 21.1 Å². The van der Waals surface area contributed by atoms with Crippen molar-refractivity contribution in [2.75, 3.05) is 43.9 Å². The third kappa shape index (κ3) is 9.22. The quantitative estimate of drug-likeness (QED) is 0.103. The molecule has 0 unspecified atom stereocenters. The summed E-state index contributed by atoms with van der Waals surface area (Å²) in [7, 11) is 4.18. The Kier molecular flexibility index (Phi) is 14.3. The normalized spacial score (nSPS) is 13.2. The fraction of sp³-hybridized carbons (Fsp3) is 0.188. The minimum Gasteiger partial charge on any atom is -0.659 e. The van der Waals surface area contributed by atoms with Gasteiger partial charge in [-0.3, -0.25) is 0 Å². The molecule has 0 saturated heterocycles. The topological polar surface area (TPSA) is 42.3 Å². The molecule has 4 aliphatic heterocycles. The van der Waals surface area contributed by atoms with Crippen LogP contribution in [0.15, 0.2) is 182 Å². The summed E-state index contributed by atoms with van der Waals surface area (Å²) in [5, 5.41) is 8.78. The van der Waals surface area contributed by atoms with E-state index in [0.29, 0.717) is 17.8 Å². The van der Waals surface area contributed by atoms with Crippen molar-refractivity contribution in [1.29, 1.82) is 0 Å². The van der Waals surface area contributed by atoms with E-state index in [9.17, 15) is 0 Å². The van der Waals surface area contributed by atoms with Crippen LogP contribution in [0.25, 0.3) is 16.4 Å². The minimum absolute atomic E-state index is 0. The summed E-state index contributed by atoms with van der Waals surface area (Å²) in [6, 6.07) is 69.4. The van der Waals surface area contributed by atoms with E-state index in [1.165, 1.54) is 101 Å². The summed E-state index contributed by atoms with van der Waals surface area (Å²) in [5.41, 5.74) is 28.1. The molecule has 0 spiro atoms. The van der Waals surface area contributed by atoms with Gasteiger partial charge in [0.15, 0.2) is 0 Å². The Labute approximate surface area is 477 Å². The Bertz CT molecular complexity index is 3540. The minimum atomic E-state index is 0. The maximum atomic E-state index is 5.19. The van der Waals surface area contributed by atoms with E-state index in [0.717, 1.165) is 28.4 Å². The van der Waals surface area contributed by atoms with E-state index in [1.54, 1.807) is 0 Å². The summed E-state index contributed by atoms with van der Waals surface area (Å²) in [4.78, 5) is 11.4. The molecule has 0 aromatic heterocycles. The molecule has 1 N–H and O–H groups in total. The molecule has 0 aliphatic carbocycles. The zero-order valence-electron chi connectivity index (χ0n) is 46.3. The first-order chi connectivity index (χ1) is 37.3. The molecule has 78 heavy (non-hydrogen) atoms. The number of hydrogen-bond donors (Lipinski definition) is 1. The van der Waals surface area contributed by atoms with Crippen molar-refractivity contribution in [3.63, 3.8) is 0 Å². The zero-order chi connectivity index (χ0) is 53.2. The predicted octanol–water partition coefficient (Wildman–Crippen LogP) is 16.9. The third-order valence-electron chi connectivity index (χ3n) is 15.8. The first kappa shape index (κ1) is 52.4. The second kappa shape index (κ2) is 21.3. The summed E-state index contributed by atoms with van der Waals surface area (Å²) < 4.78 is 0. The van der Waals surface area contributed by atoms with Crippen LogP contribution in [0.5, 0.6) is 0 Å². The fourth-order valence-corrected chi connectivity index (χ4v) is 12.1. The number of nitrogens with one attached hydrogen (secondary N) is 1. The Hall–Kier alpha value is -7.67. The van der Waals surface area contributed by atoms with Crippen LogP contribution in [-0.4, -0.2) is 20.8 Å². The van der Waals surface area contributed by atoms with Crippen LogP contribution in [0.4, 0.5) is 73.9 Å². The second-order valence-electron chi connectivity index (χ2n) is 22.0. The van der Waals surface area contributed by atoms with Crippen molar-refractivity contribution in [2.24, 2.45) is 0 Å². The number of fused-ring (bicyclic) bond motifs is 1. The number of benzene rings is 9. The largest absolute Gasteiger partial charge is 4.00 e. The van der Waals surface area contributed by atoms with Crippen LogP contribution in [0.2, 0.25) is 0 Å². The van der Waals surface area contributed by atoms with Crippen molar-refractivity contribution < 1.29 is 21.1 Å². The first-order valence-electron chi connectivity index (χ1n) is 27.3. The molecule has 390 valence electrons. The fourth-order valence-electron chi connectivity index (χ4n) is 12.1. The standard InChI is InChI=1S/C38H45N4.C31H21BN3.Pt/c1-25(2)29-20-33(26(3)4)38(34(21-29)27(5)6)30-18-31(39-23-40(8)35-15-11-10-14-28(35)7)22-32(19-30)42-24-41(9)36-16-12-13-17-37(36)42;1-20-18-27-31-28(19-20)35(22-12-6-3-7-13-22)26-17-9-15-24-30(26)32(31)29-23(33-24)14-8-16-25(29)34(27)21-10-4-2-5-11-21;/h10-21,23-27,39H,1-9H3;2-19H,1H3;/q-3;-1;+4. The Morgan fingerprint density at radius 2 is 1.09 bits per heavy atom. The molecular formula is C69H66BN7Pt. The Morgan fingerprint density at radius 3 is 1.64 bits per heavy atom. The number of anilines is 11. The number of aryl methyl sites for hydroxylation is 2. The summed E-state index contributed by atoms with van der Waals surface area (Å²) in [6.07, 6.45) is 0. The van der Waals surface area contributed by atoms with Gasteiger partial charge in [0.1, 0.15) is 0 Å². The molecule has 0 radical (unpaired) electrons. The average molecular weight is 1200 g/mol.